The van der Waals surface area contributed by atoms with Gasteiger partial charge in [0.05, 0.1) is 34.3 Å². The third kappa shape index (κ3) is 6.79. The Morgan fingerprint density at radius 3 is 2.39 bits per heavy atom. The first-order valence-electron chi connectivity index (χ1n) is 14.8. The van der Waals surface area contributed by atoms with E-state index in [1.54, 1.807) is 29.1 Å². The van der Waals surface area contributed by atoms with Gasteiger partial charge in [-0.25, -0.2) is 4.68 Å². The molecule has 0 fully saturated rings. The van der Waals surface area contributed by atoms with E-state index < -0.39 is 34.5 Å². The zero-order valence-electron chi connectivity index (χ0n) is 26.0. The number of carbonyl (C=O) groups is 1. The van der Waals surface area contributed by atoms with E-state index in [0.29, 0.717) is 17.0 Å². The maximum absolute atomic E-state index is 14.3. The molecule has 2 aromatic heterocycles. The first-order valence-corrected chi connectivity index (χ1v) is 15.6. The lowest BCUT2D eigenvalue weighted by atomic mass is 10.1. The minimum absolute atomic E-state index is 0.0186. The maximum atomic E-state index is 14.3. The van der Waals surface area contributed by atoms with Crippen molar-refractivity contribution in [3.05, 3.63) is 146 Å². The van der Waals surface area contributed by atoms with Crippen molar-refractivity contribution in [1.82, 2.24) is 14.3 Å². The SMILES string of the molecule is COc1cccc(NC(=O)/C(C#N)=c2/s/c(=C\c3cn(-c4ccccc4)nc3-c3ccc(C)cc3)c(=O)n2-c2ccccc2C(F)(F)F)c1. The number of aromatic nitrogens is 3. The number of methoxy groups -OCH3 is 1. The van der Waals surface area contributed by atoms with Crippen molar-refractivity contribution in [2.75, 3.05) is 12.4 Å². The second-order valence-electron chi connectivity index (χ2n) is 10.8. The van der Waals surface area contributed by atoms with E-state index in [1.807, 2.05) is 67.6 Å². The monoisotopic (exact) mass is 677 g/mol. The number of nitrogens with one attached hydrogen (secondary N) is 1. The van der Waals surface area contributed by atoms with E-state index in [0.717, 1.165) is 44.9 Å². The standard InChI is InChI=1S/C37H26F3N5O3S/c1-23-15-17-24(18-16-23)33-25(22-44(43-33)27-10-4-3-5-11-27)19-32-35(47)45(31-14-7-6-13-30(31)37(38,39)40)36(49-32)29(21-41)34(46)42-26-9-8-12-28(20-26)48-2/h3-20,22H,1-2H3,(H,42,46)/b32-19-,36-29+. The van der Waals surface area contributed by atoms with E-state index in [2.05, 4.69) is 5.32 Å². The first-order chi connectivity index (χ1) is 23.6. The predicted octanol–water partition coefficient (Wildman–Crippen LogP) is 6.23. The van der Waals surface area contributed by atoms with Crippen LogP contribution in [-0.2, 0) is 11.0 Å². The van der Waals surface area contributed by atoms with Crippen LogP contribution in [0.25, 0.3) is 34.3 Å². The summed E-state index contributed by atoms with van der Waals surface area (Å²) in [4.78, 5) is 27.8. The molecule has 12 heteroatoms. The molecule has 4 aromatic carbocycles. The van der Waals surface area contributed by atoms with Crippen molar-refractivity contribution in [1.29, 1.82) is 5.26 Å². The lowest BCUT2D eigenvalue weighted by molar-refractivity contribution is -0.137. The lowest BCUT2D eigenvalue weighted by Crippen LogP contribution is -2.33. The van der Waals surface area contributed by atoms with Gasteiger partial charge in [0.2, 0.25) is 0 Å². The number of nitrogens with zero attached hydrogens (tertiary/aromatic N) is 4. The highest BCUT2D eigenvalue weighted by Crippen LogP contribution is 2.33. The zero-order chi connectivity index (χ0) is 34.7. The minimum atomic E-state index is -4.84. The molecule has 0 radical (unpaired) electrons. The van der Waals surface area contributed by atoms with Crippen LogP contribution in [0, 0.1) is 18.3 Å². The Hall–Kier alpha value is -6.19. The van der Waals surface area contributed by atoms with E-state index in [4.69, 9.17) is 9.84 Å². The average Bonchev–Trinajstić information content (AvgIpc) is 3.66. The molecule has 0 saturated heterocycles. The number of nitriles is 1. The summed E-state index contributed by atoms with van der Waals surface area (Å²) in [6, 6.07) is 29.6. The van der Waals surface area contributed by atoms with Crippen LogP contribution in [0.5, 0.6) is 5.75 Å². The first kappa shape index (κ1) is 32.7. The van der Waals surface area contributed by atoms with Gasteiger partial charge in [-0.1, -0.05) is 66.2 Å². The van der Waals surface area contributed by atoms with Crippen LogP contribution in [0.15, 0.2) is 114 Å². The molecule has 0 aliphatic rings. The van der Waals surface area contributed by atoms with Gasteiger partial charge >= 0.3 is 6.18 Å². The molecule has 0 aliphatic carbocycles. The second-order valence-corrected chi connectivity index (χ2v) is 11.9. The fourth-order valence-corrected chi connectivity index (χ4v) is 6.24. The molecule has 49 heavy (non-hydrogen) atoms. The Kier molecular flexibility index (Phi) is 9.02. The Bertz CT molecular complexity index is 2410. The summed E-state index contributed by atoms with van der Waals surface area (Å²) in [7, 11) is 1.45. The third-order valence-electron chi connectivity index (χ3n) is 7.53. The summed E-state index contributed by atoms with van der Waals surface area (Å²) >= 11 is 0.731. The van der Waals surface area contributed by atoms with Gasteiger partial charge in [0.15, 0.2) is 5.57 Å². The van der Waals surface area contributed by atoms with Crippen molar-refractivity contribution in [2.24, 2.45) is 0 Å². The number of alkyl halides is 3. The lowest BCUT2D eigenvalue weighted by Gasteiger charge is -2.13. The van der Waals surface area contributed by atoms with Crippen LogP contribution in [0.4, 0.5) is 18.9 Å². The molecule has 0 saturated carbocycles. The molecular formula is C37H26F3N5O3S. The van der Waals surface area contributed by atoms with Crippen LogP contribution in [0.1, 0.15) is 16.7 Å². The van der Waals surface area contributed by atoms with Crippen LogP contribution in [0.2, 0.25) is 0 Å². The molecule has 244 valence electrons. The van der Waals surface area contributed by atoms with Gasteiger partial charge in [-0.15, -0.1) is 11.3 Å². The summed E-state index contributed by atoms with van der Waals surface area (Å²) in [5, 5.41) is 17.6. The van der Waals surface area contributed by atoms with Crippen molar-refractivity contribution < 1.29 is 22.7 Å². The van der Waals surface area contributed by atoms with E-state index in [1.165, 1.54) is 31.4 Å². The molecule has 1 N–H and O–H groups in total. The Morgan fingerprint density at radius 1 is 0.980 bits per heavy atom. The zero-order valence-corrected chi connectivity index (χ0v) is 26.8. The van der Waals surface area contributed by atoms with Gasteiger partial charge in [-0.05, 0) is 49.4 Å². The highest BCUT2D eigenvalue weighted by Gasteiger charge is 2.34. The molecule has 0 aliphatic heterocycles. The minimum Gasteiger partial charge on any atom is -0.497 e. The van der Waals surface area contributed by atoms with Crippen molar-refractivity contribution in [3.63, 3.8) is 0 Å². The van der Waals surface area contributed by atoms with Gasteiger partial charge in [-0.3, -0.25) is 14.2 Å². The molecule has 6 rings (SSSR count). The number of carbonyl (C=O) groups excluding carboxylic acids is 1. The molecular weight excluding hydrogens is 652 g/mol. The summed E-state index contributed by atoms with van der Waals surface area (Å²) in [5.74, 6) is -0.486. The normalized spacial score (nSPS) is 12.4. The molecule has 2 heterocycles. The smallest absolute Gasteiger partial charge is 0.418 e. The molecule has 1 amide bonds. The maximum Gasteiger partial charge on any atom is 0.418 e. The number of rotatable bonds is 7. The predicted molar refractivity (Wildman–Crippen MR) is 182 cm³/mol. The number of para-hydroxylation sites is 2. The van der Waals surface area contributed by atoms with Gasteiger partial charge in [0.1, 0.15) is 16.5 Å². The van der Waals surface area contributed by atoms with Gasteiger partial charge < -0.3 is 10.1 Å². The molecule has 8 nitrogen and oxygen atoms in total. The number of halogens is 3. The summed E-state index contributed by atoms with van der Waals surface area (Å²) in [6.45, 7) is 1.95. The molecule has 0 unspecified atom stereocenters. The number of amides is 1. The molecule has 6 aromatic rings. The van der Waals surface area contributed by atoms with Crippen molar-refractivity contribution in [2.45, 2.75) is 13.1 Å². The Labute approximate surface area is 281 Å². The summed E-state index contributed by atoms with van der Waals surface area (Å²) in [5.41, 5.74) is 0.770. The highest BCUT2D eigenvalue weighted by atomic mass is 32.1. The number of hydrogen-bond donors (Lipinski definition) is 1. The average molecular weight is 678 g/mol. The number of benzene rings is 4. The summed E-state index contributed by atoms with van der Waals surface area (Å²) < 4.78 is 50.2. The molecule has 0 bridgehead atoms. The quantitative estimate of drug-likeness (QED) is 0.216. The highest BCUT2D eigenvalue weighted by molar-refractivity contribution is 7.07. The fourth-order valence-electron chi connectivity index (χ4n) is 5.15. The van der Waals surface area contributed by atoms with Crippen LogP contribution in [0.3, 0.4) is 0 Å². The fraction of sp³-hybridized carbons (Fsp3) is 0.0811. The number of anilines is 1. The van der Waals surface area contributed by atoms with E-state index in [-0.39, 0.29) is 14.9 Å². The van der Waals surface area contributed by atoms with Gasteiger partial charge in [0.25, 0.3) is 11.5 Å². The second kappa shape index (κ2) is 13.5. The molecule has 0 atom stereocenters. The number of thiazole rings is 1. The topological polar surface area (TPSA) is 102 Å². The van der Waals surface area contributed by atoms with Crippen LogP contribution < -0.4 is 24.8 Å². The summed E-state index contributed by atoms with van der Waals surface area (Å²) in [6.07, 6.45) is -1.62. The van der Waals surface area contributed by atoms with Gasteiger partial charge in [0, 0.05) is 29.1 Å². The van der Waals surface area contributed by atoms with E-state index in [9.17, 15) is 28.0 Å². The Balaban J connectivity index is 1.63. The van der Waals surface area contributed by atoms with Crippen molar-refractivity contribution >= 4 is 34.6 Å². The van der Waals surface area contributed by atoms with Crippen molar-refractivity contribution in [3.8, 4) is 34.5 Å². The van der Waals surface area contributed by atoms with Crippen LogP contribution >= 0.6 is 11.3 Å². The van der Waals surface area contributed by atoms with Gasteiger partial charge in [-0.2, -0.15) is 23.5 Å². The van der Waals surface area contributed by atoms with E-state index >= 15 is 0 Å². The number of ether oxygens (including phenoxy) is 1. The van der Waals surface area contributed by atoms with Crippen LogP contribution in [-0.4, -0.2) is 27.4 Å². The largest absolute Gasteiger partial charge is 0.497 e. The number of aryl methyl sites for hydroxylation is 1. The Morgan fingerprint density at radius 2 is 1.69 bits per heavy atom. The molecule has 0 spiro atoms. The number of hydrogen-bond acceptors (Lipinski definition) is 6. The third-order valence-corrected chi connectivity index (χ3v) is 8.62.